The van der Waals surface area contributed by atoms with Gasteiger partial charge in [0.05, 0.1) is 5.57 Å². The molecule has 0 aromatic heterocycles. The number of aliphatic hydroxyl groups excluding tert-OH is 1. The smallest absolute Gasteiger partial charge is 0.255 e. The lowest BCUT2D eigenvalue weighted by atomic mass is 10.1. The number of amides is 1. The van der Waals surface area contributed by atoms with E-state index in [9.17, 15) is 23.5 Å². The predicted octanol–water partition coefficient (Wildman–Crippen LogP) is 2.72. The number of carbonyl (C=O) groups is 2. The second kappa shape index (κ2) is 9.59. The Morgan fingerprint density at radius 3 is 1.81 bits per heavy atom. The van der Waals surface area contributed by atoms with Crippen molar-refractivity contribution in [1.82, 2.24) is 10.2 Å². The van der Waals surface area contributed by atoms with Gasteiger partial charge in [-0.15, -0.1) is 0 Å². The van der Waals surface area contributed by atoms with Gasteiger partial charge >= 0.3 is 0 Å². The number of nitrogens with one attached hydrogen (secondary N) is 1. The largest absolute Gasteiger partial charge is 0.504 e. The zero-order valence-corrected chi connectivity index (χ0v) is 14.8. The maximum absolute atomic E-state index is 13.1. The Labute approximate surface area is 155 Å². The lowest BCUT2D eigenvalue weighted by Crippen LogP contribution is -2.35. The number of nitrogens with zero attached hydrogens (tertiary/aromatic N) is 1. The molecule has 2 rings (SSSR count). The molecule has 1 amide bonds. The minimum atomic E-state index is -0.655. The maximum atomic E-state index is 13.1. The molecule has 0 aliphatic heterocycles. The normalized spacial score (nSPS) is 11.7. The van der Waals surface area contributed by atoms with Crippen LogP contribution in [0.3, 0.4) is 0 Å². The molecule has 0 heterocycles. The van der Waals surface area contributed by atoms with Crippen molar-refractivity contribution in [3.05, 3.63) is 82.6 Å². The quantitative estimate of drug-likeness (QED) is 0.424. The highest BCUT2D eigenvalue weighted by Crippen LogP contribution is 2.15. The van der Waals surface area contributed by atoms with E-state index in [1.165, 1.54) is 29.2 Å². The fourth-order valence-corrected chi connectivity index (χ4v) is 2.53. The van der Waals surface area contributed by atoms with Crippen LogP contribution in [-0.2, 0) is 22.7 Å². The number of hydrogen-bond acceptors (Lipinski definition) is 4. The SMILES string of the molecule is CNC/C(C(=O)N(Cc1ccc(F)cc1)Cc1ccc(F)cc1)=C(/O)C=O. The van der Waals surface area contributed by atoms with Crippen molar-refractivity contribution < 1.29 is 23.5 Å². The summed E-state index contributed by atoms with van der Waals surface area (Å²) in [6.07, 6.45) is 0.207. The molecule has 5 nitrogen and oxygen atoms in total. The molecule has 0 radical (unpaired) electrons. The molecule has 0 bridgehead atoms. The van der Waals surface area contributed by atoms with Crippen LogP contribution >= 0.6 is 0 Å². The Kier molecular flexibility index (Phi) is 7.19. The van der Waals surface area contributed by atoms with Crippen molar-refractivity contribution in [2.24, 2.45) is 0 Å². The number of likely N-dealkylation sites (N-methyl/N-ethyl adjacent to an activating group) is 1. The third-order valence-electron chi connectivity index (χ3n) is 3.89. The summed E-state index contributed by atoms with van der Waals surface area (Å²) in [5.41, 5.74) is 1.25. The van der Waals surface area contributed by atoms with Gasteiger partial charge in [0.1, 0.15) is 11.6 Å². The van der Waals surface area contributed by atoms with Crippen LogP contribution in [0.2, 0.25) is 0 Å². The molecule has 0 aliphatic carbocycles. The minimum absolute atomic E-state index is 0.00720. The summed E-state index contributed by atoms with van der Waals surface area (Å²) in [6, 6.07) is 11.3. The van der Waals surface area contributed by atoms with E-state index in [1.807, 2.05) is 0 Å². The van der Waals surface area contributed by atoms with Crippen molar-refractivity contribution >= 4 is 12.2 Å². The van der Waals surface area contributed by atoms with E-state index in [0.717, 1.165) is 0 Å². The maximum Gasteiger partial charge on any atom is 0.255 e. The average Bonchev–Trinajstić information content (AvgIpc) is 2.67. The van der Waals surface area contributed by atoms with Gasteiger partial charge in [-0.2, -0.15) is 0 Å². The third-order valence-corrected chi connectivity index (χ3v) is 3.89. The minimum Gasteiger partial charge on any atom is -0.504 e. The van der Waals surface area contributed by atoms with Gasteiger partial charge < -0.3 is 15.3 Å². The molecule has 0 aliphatic rings. The molecule has 142 valence electrons. The Morgan fingerprint density at radius 2 is 1.44 bits per heavy atom. The van der Waals surface area contributed by atoms with E-state index in [0.29, 0.717) is 11.1 Å². The molecular weight excluding hydrogens is 354 g/mol. The van der Waals surface area contributed by atoms with E-state index < -0.39 is 23.3 Å². The number of carbonyl (C=O) groups excluding carboxylic acids is 2. The van der Waals surface area contributed by atoms with E-state index >= 15 is 0 Å². The lowest BCUT2D eigenvalue weighted by molar-refractivity contribution is -0.129. The highest BCUT2D eigenvalue weighted by Gasteiger charge is 2.22. The Morgan fingerprint density at radius 1 is 1.00 bits per heavy atom. The van der Waals surface area contributed by atoms with Crippen molar-refractivity contribution in [1.29, 1.82) is 0 Å². The van der Waals surface area contributed by atoms with Crippen LogP contribution in [0.5, 0.6) is 0 Å². The Balaban J connectivity index is 2.34. The van der Waals surface area contributed by atoms with Crippen LogP contribution in [0.1, 0.15) is 11.1 Å². The van der Waals surface area contributed by atoms with Gasteiger partial charge in [0, 0.05) is 19.6 Å². The first kappa shape index (κ1) is 20.3. The number of benzene rings is 2. The summed E-state index contributed by atoms with van der Waals surface area (Å²) in [4.78, 5) is 25.3. The zero-order chi connectivity index (χ0) is 19.8. The fourth-order valence-electron chi connectivity index (χ4n) is 2.53. The number of aldehydes is 1. The van der Waals surface area contributed by atoms with Crippen LogP contribution in [0.4, 0.5) is 8.78 Å². The Bertz CT molecular complexity index is 771. The summed E-state index contributed by atoms with van der Waals surface area (Å²) in [5.74, 6) is -2.01. The van der Waals surface area contributed by atoms with Crippen molar-refractivity contribution in [3.8, 4) is 0 Å². The number of halogens is 2. The number of hydrogen-bond donors (Lipinski definition) is 2. The van der Waals surface area contributed by atoms with Gasteiger partial charge in [-0.25, -0.2) is 8.78 Å². The third kappa shape index (κ3) is 5.72. The second-order valence-electron chi connectivity index (χ2n) is 5.93. The lowest BCUT2D eigenvalue weighted by Gasteiger charge is -2.24. The topological polar surface area (TPSA) is 69.6 Å². The van der Waals surface area contributed by atoms with Gasteiger partial charge in [-0.1, -0.05) is 24.3 Å². The monoisotopic (exact) mass is 374 g/mol. The molecule has 7 heteroatoms. The van der Waals surface area contributed by atoms with Gasteiger partial charge in [-0.3, -0.25) is 9.59 Å². The molecule has 0 saturated carbocycles. The van der Waals surface area contributed by atoms with Crippen LogP contribution < -0.4 is 5.32 Å². The van der Waals surface area contributed by atoms with E-state index in [-0.39, 0.29) is 31.5 Å². The first-order chi connectivity index (χ1) is 12.9. The standard InChI is InChI=1S/C20H20F2N2O3/c1-23-10-18(19(26)13-25)20(27)24(11-14-2-6-16(21)7-3-14)12-15-4-8-17(22)9-5-15/h2-9,13,23,26H,10-12H2,1H3/b19-18-. The second-order valence-corrected chi connectivity index (χ2v) is 5.93. The highest BCUT2D eigenvalue weighted by molar-refractivity contribution is 5.98. The summed E-state index contributed by atoms with van der Waals surface area (Å²) in [5, 5.41) is 12.5. The molecule has 27 heavy (non-hydrogen) atoms. The molecule has 0 unspecified atom stereocenters. The Hall–Kier alpha value is -3.06. The van der Waals surface area contributed by atoms with E-state index in [1.54, 1.807) is 31.3 Å². The van der Waals surface area contributed by atoms with E-state index in [4.69, 9.17) is 0 Å². The van der Waals surface area contributed by atoms with Crippen molar-refractivity contribution in [3.63, 3.8) is 0 Å². The molecular formula is C20H20F2N2O3. The number of allylic oxidation sites excluding steroid dienone is 1. The number of rotatable bonds is 8. The van der Waals surface area contributed by atoms with Crippen LogP contribution in [0, 0.1) is 11.6 Å². The fraction of sp³-hybridized carbons (Fsp3) is 0.200. The average molecular weight is 374 g/mol. The van der Waals surface area contributed by atoms with Gasteiger partial charge in [0.15, 0.2) is 12.0 Å². The highest BCUT2D eigenvalue weighted by atomic mass is 19.1. The van der Waals surface area contributed by atoms with Crippen LogP contribution in [0.15, 0.2) is 59.9 Å². The molecule has 2 aromatic rings. The summed E-state index contributed by atoms with van der Waals surface area (Å²) >= 11 is 0. The van der Waals surface area contributed by atoms with E-state index in [2.05, 4.69) is 5.32 Å². The molecule has 0 fully saturated rings. The number of aliphatic hydroxyl groups is 1. The zero-order valence-electron chi connectivity index (χ0n) is 14.8. The summed E-state index contributed by atoms with van der Waals surface area (Å²) in [7, 11) is 1.58. The van der Waals surface area contributed by atoms with Gasteiger partial charge in [0.25, 0.3) is 5.91 Å². The first-order valence-corrected chi connectivity index (χ1v) is 8.24. The summed E-state index contributed by atoms with van der Waals surface area (Å²) in [6.45, 7) is 0.235. The summed E-state index contributed by atoms with van der Waals surface area (Å²) < 4.78 is 26.3. The molecule has 2 aromatic carbocycles. The van der Waals surface area contributed by atoms with Crippen LogP contribution in [-0.4, -0.2) is 35.8 Å². The predicted molar refractivity (Wildman–Crippen MR) is 96.7 cm³/mol. The van der Waals surface area contributed by atoms with Gasteiger partial charge in [0.2, 0.25) is 0 Å². The molecule has 0 saturated heterocycles. The van der Waals surface area contributed by atoms with Crippen LogP contribution in [0.25, 0.3) is 0 Å². The van der Waals surface area contributed by atoms with Gasteiger partial charge in [-0.05, 0) is 42.4 Å². The first-order valence-electron chi connectivity index (χ1n) is 8.24. The molecule has 2 N–H and O–H groups in total. The molecule has 0 spiro atoms. The molecule has 0 atom stereocenters. The van der Waals surface area contributed by atoms with Crippen molar-refractivity contribution in [2.75, 3.05) is 13.6 Å². The van der Waals surface area contributed by atoms with Crippen molar-refractivity contribution in [2.45, 2.75) is 13.1 Å².